The Morgan fingerprint density at radius 2 is 1.54 bits per heavy atom. The quantitative estimate of drug-likeness (QED) is 0.271. The Morgan fingerprint density at radius 1 is 1.04 bits per heavy atom. The van der Waals surface area contributed by atoms with Gasteiger partial charge in [0.25, 0.3) is 0 Å². The minimum absolute atomic E-state index is 0.0715. The van der Waals surface area contributed by atoms with E-state index in [1.165, 1.54) is 12.1 Å². The van der Waals surface area contributed by atoms with Crippen LogP contribution in [-0.2, 0) is 14.2 Å². The second-order valence-corrected chi connectivity index (χ2v) is 7.64. The van der Waals surface area contributed by atoms with E-state index in [0.717, 1.165) is 13.3 Å². The number of nitrogens with zero attached hydrogens (tertiary/aromatic N) is 3. The third-order valence-electron chi connectivity index (χ3n) is 2.86. The molecule has 0 unspecified atom stereocenters. The van der Waals surface area contributed by atoms with Crippen molar-refractivity contribution in [2.45, 2.75) is 52.7 Å². The van der Waals surface area contributed by atoms with Gasteiger partial charge in [0, 0.05) is 0 Å². The number of amides is 2. The van der Waals surface area contributed by atoms with E-state index in [-0.39, 0.29) is 17.1 Å². The highest BCUT2D eigenvalue weighted by Gasteiger charge is 2.36. The number of rotatable bonds is 3. The van der Waals surface area contributed by atoms with Gasteiger partial charge in [0.15, 0.2) is 5.82 Å². The van der Waals surface area contributed by atoms with Crippen molar-refractivity contribution in [3.8, 4) is 0 Å². The van der Waals surface area contributed by atoms with E-state index in [4.69, 9.17) is 19.4 Å². The summed E-state index contributed by atoms with van der Waals surface area (Å²) in [6.07, 6.45) is -1.23. The lowest BCUT2D eigenvalue weighted by Gasteiger charge is -2.28. The normalized spacial score (nSPS) is 11.8. The summed E-state index contributed by atoms with van der Waals surface area (Å²) in [5.74, 6) is -1.22. The van der Waals surface area contributed by atoms with E-state index in [9.17, 15) is 14.4 Å². The van der Waals surface area contributed by atoms with Gasteiger partial charge in [0.2, 0.25) is 0 Å². The molecule has 0 saturated carbocycles. The van der Waals surface area contributed by atoms with E-state index in [1.54, 1.807) is 41.5 Å². The summed E-state index contributed by atoms with van der Waals surface area (Å²) >= 11 is 0. The van der Waals surface area contributed by atoms with Crippen molar-refractivity contribution in [3.63, 3.8) is 0 Å². The van der Waals surface area contributed by atoms with E-state index in [0.29, 0.717) is 4.90 Å². The lowest BCUT2D eigenvalue weighted by Crippen LogP contribution is -2.45. The predicted octanol–water partition coefficient (Wildman–Crippen LogP) is 3.35. The molecule has 0 aliphatic heterocycles. The first-order valence-corrected chi connectivity index (χ1v) is 8.32. The molecule has 0 fully saturated rings. The van der Waals surface area contributed by atoms with Gasteiger partial charge in [-0.1, -0.05) is 5.16 Å². The Morgan fingerprint density at radius 3 is 1.93 bits per heavy atom. The van der Waals surface area contributed by atoms with E-state index in [2.05, 4.69) is 10.1 Å². The van der Waals surface area contributed by atoms with Crippen molar-refractivity contribution in [1.82, 2.24) is 4.98 Å². The zero-order valence-electron chi connectivity index (χ0n) is 17.0. The van der Waals surface area contributed by atoms with Gasteiger partial charge in [-0.2, -0.15) is 4.90 Å². The third-order valence-corrected chi connectivity index (χ3v) is 2.86. The third kappa shape index (κ3) is 6.53. The van der Waals surface area contributed by atoms with Gasteiger partial charge < -0.3 is 19.4 Å². The van der Waals surface area contributed by atoms with Crippen LogP contribution < -0.4 is 4.90 Å². The SMILES string of the molecule is COC(=O)c1ccc(/C=N\O)nc1N(C(=O)OC(C)(C)C)C(=O)OC(C)(C)C. The van der Waals surface area contributed by atoms with Crippen LogP contribution in [0.15, 0.2) is 17.3 Å². The van der Waals surface area contributed by atoms with Crippen molar-refractivity contribution < 1.29 is 33.8 Å². The molecule has 1 aromatic heterocycles. The number of hydrogen-bond acceptors (Lipinski definition) is 9. The van der Waals surface area contributed by atoms with Crippen molar-refractivity contribution in [2.75, 3.05) is 12.0 Å². The van der Waals surface area contributed by atoms with Gasteiger partial charge in [-0.25, -0.2) is 19.4 Å². The molecule has 0 aromatic carbocycles. The first-order valence-electron chi connectivity index (χ1n) is 8.32. The minimum Gasteiger partial charge on any atom is -0.465 e. The fourth-order valence-corrected chi connectivity index (χ4v) is 1.90. The van der Waals surface area contributed by atoms with Crippen LogP contribution >= 0.6 is 0 Å². The second-order valence-electron chi connectivity index (χ2n) is 7.64. The maximum Gasteiger partial charge on any atom is 0.425 e. The summed E-state index contributed by atoms with van der Waals surface area (Å²) in [5, 5.41) is 11.6. The van der Waals surface area contributed by atoms with Crippen LogP contribution in [0.2, 0.25) is 0 Å². The lowest BCUT2D eigenvalue weighted by atomic mass is 10.2. The van der Waals surface area contributed by atoms with Gasteiger partial charge in [0.05, 0.1) is 19.0 Å². The highest BCUT2D eigenvalue weighted by atomic mass is 16.6. The predicted molar refractivity (Wildman–Crippen MR) is 99.9 cm³/mol. The van der Waals surface area contributed by atoms with Crippen LogP contribution in [0, 0.1) is 0 Å². The first kappa shape index (κ1) is 22.9. The van der Waals surface area contributed by atoms with Crippen LogP contribution in [0.1, 0.15) is 57.6 Å². The Labute approximate surface area is 163 Å². The molecule has 0 radical (unpaired) electrons. The number of pyridine rings is 1. The summed E-state index contributed by atoms with van der Waals surface area (Å²) in [6.45, 7) is 9.68. The molecule has 0 aliphatic carbocycles. The largest absolute Gasteiger partial charge is 0.465 e. The highest BCUT2D eigenvalue weighted by molar-refractivity contribution is 6.12. The molecule has 10 nitrogen and oxygen atoms in total. The first-order chi connectivity index (χ1) is 12.8. The summed E-state index contributed by atoms with van der Waals surface area (Å²) in [5.41, 5.74) is -1.99. The fraction of sp³-hybridized carbons (Fsp3) is 0.500. The van der Waals surface area contributed by atoms with Crippen LogP contribution in [0.25, 0.3) is 0 Å². The molecule has 0 saturated heterocycles. The second kappa shape index (κ2) is 8.68. The Bertz CT molecular complexity index is 748. The molecule has 1 aromatic rings. The van der Waals surface area contributed by atoms with Gasteiger partial charge >= 0.3 is 18.2 Å². The average molecular weight is 395 g/mol. The molecule has 1 N–H and O–H groups in total. The van der Waals surface area contributed by atoms with Crippen LogP contribution in [0.3, 0.4) is 0 Å². The molecule has 0 bridgehead atoms. The maximum absolute atomic E-state index is 12.7. The zero-order chi connectivity index (χ0) is 21.7. The van der Waals surface area contributed by atoms with Crippen LogP contribution in [0.4, 0.5) is 15.4 Å². The van der Waals surface area contributed by atoms with Crippen molar-refractivity contribution in [1.29, 1.82) is 0 Å². The molecule has 28 heavy (non-hydrogen) atoms. The average Bonchev–Trinajstić information content (AvgIpc) is 2.51. The highest BCUT2D eigenvalue weighted by Crippen LogP contribution is 2.24. The molecule has 154 valence electrons. The van der Waals surface area contributed by atoms with E-state index in [1.807, 2.05) is 0 Å². The van der Waals surface area contributed by atoms with E-state index >= 15 is 0 Å². The number of hydrogen-bond donors (Lipinski definition) is 1. The fourth-order valence-electron chi connectivity index (χ4n) is 1.90. The molecular formula is C18H25N3O7. The molecule has 1 rings (SSSR count). The number of ether oxygens (including phenoxy) is 3. The number of aromatic nitrogens is 1. The zero-order valence-corrected chi connectivity index (χ0v) is 17.0. The summed E-state index contributed by atoms with van der Waals surface area (Å²) in [6, 6.07) is 2.62. The minimum atomic E-state index is -1.10. The number of esters is 1. The molecule has 1 heterocycles. The lowest BCUT2D eigenvalue weighted by molar-refractivity contribution is 0.0428. The Hall–Kier alpha value is -3.17. The Balaban J connectivity index is 3.62. The van der Waals surface area contributed by atoms with Gasteiger partial charge in [-0.15, -0.1) is 0 Å². The number of imide groups is 1. The van der Waals surface area contributed by atoms with Gasteiger partial charge in [0.1, 0.15) is 16.8 Å². The number of carbonyl (C=O) groups excluding carboxylic acids is 3. The van der Waals surface area contributed by atoms with Crippen molar-refractivity contribution in [2.24, 2.45) is 5.16 Å². The van der Waals surface area contributed by atoms with Gasteiger partial charge in [-0.3, -0.25) is 0 Å². The number of oxime groups is 1. The molecule has 2 amide bonds. The Kier molecular flexibility index (Phi) is 7.09. The van der Waals surface area contributed by atoms with Crippen LogP contribution in [0.5, 0.6) is 0 Å². The summed E-state index contributed by atoms with van der Waals surface area (Å²) in [7, 11) is 1.14. The van der Waals surface area contributed by atoms with Crippen molar-refractivity contribution in [3.05, 3.63) is 23.4 Å². The molecule has 0 aliphatic rings. The molecule has 10 heteroatoms. The summed E-state index contributed by atoms with van der Waals surface area (Å²) in [4.78, 5) is 42.2. The molecular weight excluding hydrogens is 370 g/mol. The standard InChI is InChI=1S/C18H25N3O7/c1-17(2,3)27-15(23)21(16(24)28-18(4,5)6)13-12(14(22)26-7)9-8-11(20-13)10-19-25/h8-10,25H,1-7H3/b19-10-. The monoisotopic (exact) mass is 395 g/mol. The topological polar surface area (TPSA) is 128 Å². The molecule has 0 atom stereocenters. The summed E-state index contributed by atoms with van der Waals surface area (Å²) < 4.78 is 15.2. The smallest absolute Gasteiger partial charge is 0.425 e. The number of carbonyl (C=O) groups is 3. The van der Waals surface area contributed by atoms with Crippen molar-refractivity contribution >= 4 is 30.2 Å². The van der Waals surface area contributed by atoms with Crippen LogP contribution in [-0.4, -0.2) is 52.9 Å². The van der Waals surface area contributed by atoms with Gasteiger partial charge in [-0.05, 0) is 53.7 Å². The number of methoxy groups -OCH3 is 1. The van der Waals surface area contributed by atoms with E-state index < -0.39 is 29.4 Å². The number of anilines is 1. The molecule has 0 spiro atoms. The maximum atomic E-state index is 12.7.